The van der Waals surface area contributed by atoms with Gasteiger partial charge in [-0.3, -0.25) is 9.59 Å². The summed E-state index contributed by atoms with van der Waals surface area (Å²) in [4.78, 5) is 26.1. The second kappa shape index (κ2) is 7.54. The summed E-state index contributed by atoms with van der Waals surface area (Å²) < 4.78 is 10.8. The number of benzene rings is 1. The van der Waals surface area contributed by atoms with Crippen molar-refractivity contribution in [3.8, 4) is 5.75 Å². The Balaban J connectivity index is 1.66. The predicted octanol–water partition coefficient (Wildman–Crippen LogP) is 1.86. The highest BCUT2D eigenvalue weighted by Gasteiger charge is 2.40. The number of fused-ring (bicyclic) bond motifs is 2. The summed E-state index contributed by atoms with van der Waals surface area (Å²) in [6.45, 7) is 0.973. The van der Waals surface area contributed by atoms with Crippen molar-refractivity contribution in [3.63, 3.8) is 0 Å². The van der Waals surface area contributed by atoms with Gasteiger partial charge in [-0.05, 0) is 50.4 Å². The maximum absolute atomic E-state index is 12.6. The van der Waals surface area contributed by atoms with E-state index in [2.05, 4.69) is 11.9 Å². The molecule has 6 heteroatoms. The number of hydrogen-bond donors (Lipinski definition) is 1. The third kappa shape index (κ3) is 4.02. The number of nitrogens with zero attached hydrogens (tertiary/aromatic N) is 1. The van der Waals surface area contributed by atoms with Gasteiger partial charge in [0.25, 0.3) is 0 Å². The van der Waals surface area contributed by atoms with Crippen molar-refractivity contribution in [2.45, 2.75) is 56.7 Å². The molecule has 6 nitrogen and oxygen atoms in total. The molecule has 0 radical (unpaired) electrons. The van der Waals surface area contributed by atoms with E-state index in [0.717, 1.165) is 25.7 Å². The molecule has 1 aromatic carbocycles. The SMILES string of the molecule is CC(=O)Oc1cccc(C(CO)C(=O)OC2CC3CCC(C2)N3C)c1. The van der Waals surface area contributed by atoms with Gasteiger partial charge in [-0.15, -0.1) is 0 Å². The highest BCUT2D eigenvalue weighted by atomic mass is 16.5. The molecule has 2 aliphatic rings. The van der Waals surface area contributed by atoms with Crippen LogP contribution in [0, 0.1) is 0 Å². The van der Waals surface area contributed by atoms with Crippen LogP contribution in [0.4, 0.5) is 0 Å². The van der Waals surface area contributed by atoms with Crippen molar-refractivity contribution in [3.05, 3.63) is 29.8 Å². The monoisotopic (exact) mass is 347 g/mol. The van der Waals surface area contributed by atoms with Gasteiger partial charge >= 0.3 is 11.9 Å². The van der Waals surface area contributed by atoms with Crippen molar-refractivity contribution in [1.82, 2.24) is 4.90 Å². The number of carbonyl (C=O) groups excluding carboxylic acids is 2. The molecule has 0 aliphatic carbocycles. The van der Waals surface area contributed by atoms with Crippen LogP contribution in [0.1, 0.15) is 44.1 Å². The molecule has 1 aromatic rings. The molecule has 2 heterocycles. The lowest BCUT2D eigenvalue weighted by Gasteiger charge is -2.36. The van der Waals surface area contributed by atoms with E-state index in [9.17, 15) is 14.7 Å². The number of rotatable bonds is 5. The van der Waals surface area contributed by atoms with E-state index in [1.807, 2.05) is 0 Å². The minimum Gasteiger partial charge on any atom is -0.462 e. The first kappa shape index (κ1) is 17.9. The van der Waals surface area contributed by atoms with Gasteiger partial charge in [0, 0.05) is 19.0 Å². The van der Waals surface area contributed by atoms with Crippen LogP contribution in [0.15, 0.2) is 24.3 Å². The Hall–Kier alpha value is -1.92. The third-order valence-corrected chi connectivity index (χ3v) is 5.33. The lowest BCUT2D eigenvalue weighted by atomic mass is 9.98. The van der Waals surface area contributed by atoms with Crippen molar-refractivity contribution in [1.29, 1.82) is 0 Å². The number of ether oxygens (including phenoxy) is 2. The van der Waals surface area contributed by atoms with Crippen LogP contribution in [0.2, 0.25) is 0 Å². The van der Waals surface area contributed by atoms with Gasteiger partial charge < -0.3 is 19.5 Å². The van der Waals surface area contributed by atoms with Gasteiger partial charge in [0.15, 0.2) is 0 Å². The molecule has 2 aliphatic heterocycles. The first-order valence-corrected chi connectivity index (χ1v) is 8.79. The topological polar surface area (TPSA) is 76.1 Å². The minimum absolute atomic E-state index is 0.0908. The molecule has 0 spiro atoms. The number of esters is 2. The fourth-order valence-corrected chi connectivity index (χ4v) is 3.98. The largest absolute Gasteiger partial charge is 0.462 e. The summed E-state index contributed by atoms with van der Waals surface area (Å²) >= 11 is 0. The summed E-state index contributed by atoms with van der Waals surface area (Å²) in [7, 11) is 2.14. The van der Waals surface area contributed by atoms with E-state index in [0.29, 0.717) is 23.4 Å². The molecule has 0 aromatic heterocycles. The maximum Gasteiger partial charge on any atom is 0.316 e. The van der Waals surface area contributed by atoms with Crippen LogP contribution >= 0.6 is 0 Å². The van der Waals surface area contributed by atoms with Crippen LogP contribution in [0.5, 0.6) is 5.75 Å². The second-order valence-electron chi connectivity index (χ2n) is 6.98. The summed E-state index contributed by atoms with van der Waals surface area (Å²) in [5.74, 6) is -1.26. The fourth-order valence-electron chi connectivity index (χ4n) is 3.98. The smallest absolute Gasteiger partial charge is 0.316 e. The fraction of sp³-hybridized carbons (Fsp3) is 0.579. The van der Waals surface area contributed by atoms with Gasteiger partial charge in [0.1, 0.15) is 17.8 Å². The summed E-state index contributed by atoms with van der Waals surface area (Å²) in [6.07, 6.45) is 3.92. The molecular weight excluding hydrogens is 322 g/mol. The standard InChI is InChI=1S/C19H25NO5/c1-12(22)24-16-5-3-4-13(8-16)18(11-21)19(23)25-17-9-14-6-7-15(10-17)20(14)2/h3-5,8,14-15,17-18,21H,6-7,9-11H2,1-2H3. The number of hydrogen-bond acceptors (Lipinski definition) is 6. The van der Waals surface area contributed by atoms with Crippen molar-refractivity contribution in [2.75, 3.05) is 13.7 Å². The molecule has 2 saturated heterocycles. The third-order valence-electron chi connectivity index (χ3n) is 5.33. The molecule has 2 fully saturated rings. The van der Waals surface area contributed by atoms with E-state index < -0.39 is 17.9 Å². The van der Waals surface area contributed by atoms with Gasteiger partial charge in [-0.2, -0.15) is 0 Å². The average Bonchev–Trinajstić information content (AvgIpc) is 2.77. The molecule has 0 saturated carbocycles. The number of aliphatic hydroxyl groups is 1. The Morgan fingerprint density at radius 1 is 1.28 bits per heavy atom. The number of carbonyl (C=O) groups is 2. The highest BCUT2D eigenvalue weighted by molar-refractivity contribution is 5.79. The molecule has 3 rings (SSSR count). The van der Waals surface area contributed by atoms with Crippen LogP contribution < -0.4 is 4.74 Å². The molecule has 3 atom stereocenters. The molecular formula is C19H25NO5. The predicted molar refractivity (Wildman–Crippen MR) is 91.3 cm³/mol. The minimum atomic E-state index is -0.771. The highest BCUT2D eigenvalue weighted by Crippen LogP contribution is 2.36. The summed E-state index contributed by atoms with van der Waals surface area (Å²) in [6, 6.07) is 7.63. The molecule has 136 valence electrons. The van der Waals surface area contributed by atoms with Gasteiger partial charge in [-0.25, -0.2) is 0 Å². The Labute approximate surface area is 147 Å². The summed E-state index contributed by atoms with van der Waals surface area (Å²) in [5, 5.41) is 9.69. The lowest BCUT2D eigenvalue weighted by Crippen LogP contribution is -2.43. The van der Waals surface area contributed by atoms with Crippen molar-refractivity contribution >= 4 is 11.9 Å². The molecule has 3 unspecified atom stereocenters. The number of piperidine rings is 1. The van der Waals surface area contributed by atoms with Crippen LogP contribution in [-0.2, 0) is 14.3 Å². The maximum atomic E-state index is 12.6. The Morgan fingerprint density at radius 3 is 2.56 bits per heavy atom. The van der Waals surface area contributed by atoms with Crippen LogP contribution in [-0.4, -0.2) is 53.8 Å². The molecule has 2 bridgehead atoms. The van der Waals surface area contributed by atoms with Gasteiger partial charge in [-0.1, -0.05) is 12.1 Å². The van der Waals surface area contributed by atoms with E-state index >= 15 is 0 Å². The van der Waals surface area contributed by atoms with Crippen molar-refractivity contribution < 1.29 is 24.2 Å². The zero-order chi connectivity index (χ0) is 18.0. The average molecular weight is 347 g/mol. The molecule has 25 heavy (non-hydrogen) atoms. The van der Waals surface area contributed by atoms with E-state index in [4.69, 9.17) is 9.47 Å². The molecule has 0 amide bonds. The first-order valence-electron chi connectivity index (χ1n) is 8.79. The Morgan fingerprint density at radius 2 is 1.96 bits per heavy atom. The van der Waals surface area contributed by atoms with Crippen LogP contribution in [0.25, 0.3) is 0 Å². The normalized spacial score (nSPS) is 26.9. The summed E-state index contributed by atoms with van der Waals surface area (Å²) in [5.41, 5.74) is 0.585. The Kier molecular flexibility index (Phi) is 5.39. The van der Waals surface area contributed by atoms with Crippen molar-refractivity contribution in [2.24, 2.45) is 0 Å². The Bertz CT molecular complexity index is 632. The number of aliphatic hydroxyl groups excluding tert-OH is 1. The van der Waals surface area contributed by atoms with Gasteiger partial charge in [0.05, 0.1) is 6.61 Å². The zero-order valence-electron chi connectivity index (χ0n) is 14.7. The van der Waals surface area contributed by atoms with Gasteiger partial charge in [0.2, 0.25) is 0 Å². The van der Waals surface area contributed by atoms with E-state index in [1.165, 1.54) is 6.92 Å². The molecule has 1 N–H and O–H groups in total. The second-order valence-corrected chi connectivity index (χ2v) is 6.98. The van der Waals surface area contributed by atoms with Crippen LogP contribution in [0.3, 0.4) is 0 Å². The quantitative estimate of drug-likeness (QED) is 0.647. The van der Waals surface area contributed by atoms with E-state index in [1.54, 1.807) is 24.3 Å². The first-order chi connectivity index (χ1) is 12.0. The van der Waals surface area contributed by atoms with E-state index in [-0.39, 0.29) is 12.7 Å². The zero-order valence-corrected chi connectivity index (χ0v) is 14.7. The lowest BCUT2D eigenvalue weighted by molar-refractivity contribution is -0.155.